The van der Waals surface area contributed by atoms with Crippen LogP contribution in [0.4, 0.5) is 0 Å². The number of piperazine rings is 1. The van der Waals surface area contributed by atoms with Crippen LogP contribution < -0.4 is 0 Å². The summed E-state index contributed by atoms with van der Waals surface area (Å²) in [4.78, 5) is 17.3. The Bertz CT molecular complexity index is 763. The topological polar surface area (TPSA) is 31.4 Å². The minimum atomic E-state index is -0.329. The van der Waals surface area contributed by atoms with Crippen molar-refractivity contribution in [1.29, 1.82) is 0 Å². The van der Waals surface area contributed by atoms with Crippen molar-refractivity contribution in [3.63, 3.8) is 0 Å². The third kappa shape index (κ3) is 5.60. The van der Waals surface area contributed by atoms with Gasteiger partial charge in [-0.1, -0.05) is 13.8 Å². The van der Waals surface area contributed by atoms with Gasteiger partial charge in [-0.15, -0.1) is 23.2 Å². The van der Waals surface area contributed by atoms with E-state index < -0.39 is 0 Å². The molecule has 6 nitrogen and oxygen atoms in total. The molecule has 3 rings (SSSR count). The van der Waals surface area contributed by atoms with Crippen LogP contribution in [0.3, 0.4) is 0 Å². The highest BCUT2D eigenvalue weighted by Gasteiger charge is 2.51. The largest absolute Gasteiger partial charge is 0.370 e. The van der Waals surface area contributed by atoms with Gasteiger partial charge in [0.2, 0.25) is 0 Å². The lowest BCUT2D eigenvalue weighted by Crippen LogP contribution is -2.65. The first-order valence-electron chi connectivity index (χ1n) is 13.7. The second-order valence-corrected chi connectivity index (χ2v) is 13.6. The summed E-state index contributed by atoms with van der Waals surface area (Å²) in [5.41, 5.74) is 1.26. The zero-order chi connectivity index (χ0) is 27.1. The van der Waals surface area contributed by atoms with Crippen LogP contribution in [0.25, 0.3) is 0 Å². The van der Waals surface area contributed by atoms with E-state index in [2.05, 4.69) is 101 Å². The van der Waals surface area contributed by atoms with Crippen molar-refractivity contribution >= 4 is 23.2 Å². The van der Waals surface area contributed by atoms with Crippen molar-refractivity contribution in [2.45, 2.75) is 115 Å². The molecule has 1 fully saturated rings. The van der Waals surface area contributed by atoms with Crippen LogP contribution in [0, 0.1) is 0 Å². The monoisotopic (exact) mass is 544 g/mol. The Labute approximate surface area is 230 Å². The van der Waals surface area contributed by atoms with Gasteiger partial charge in [0.05, 0.1) is 46.1 Å². The smallest absolute Gasteiger partial charge is 0.0932 e. The van der Waals surface area contributed by atoms with Gasteiger partial charge in [-0.3, -0.25) is 9.68 Å². The summed E-state index contributed by atoms with van der Waals surface area (Å²) in [5.74, 6) is 0. The van der Waals surface area contributed by atoms with Crippen LogP contribution >= 0.6 is 23.2 Å². The van der Waals surface area contributed by atoms with Gasteiger partial charge in [0, 0.05) is 37.6 Å². The number of hydrogen-bond acceptors (Lipinski definition) is 6. The average Bonchev–Trinajstić information content (AvgIpc) is 2.79. The minimum absolute atomic E-state index is 0.161. The van der Waals surface area contributed by atoms with Crippen LogP contribution in [-0.2, 0) is 9.68 Å². The van der Waals surface area contributed by atoms with E-state index in [4.69, 9.17) is 32.9 Å². The highest BCUT2D eigenvalue weighted by atomic mass is 35.5. The molecule has 0 bridgehead atoms. The maximum absolute atomic E-state index is 7.15. The van der Waals surface area contributed by atoms with Gasteiger partial charge in [0.1, 0.15) is 0 Å². The van der Waals surface area contributed by atoms with Gasteiger partial charge in [-0.2, -0.15) is 10.1 Å². The van der Waals surface area contributed by atoms with Gasteiger partial charge in [0.15, 0.2) is 0 Å². The van der Waals surface area contributed by atoms with Crippen molar-refractivity contribution in [2.24, 2.45) is 0 Å². The lowest BCUT2D eigenvalue weighted by molar-refractivity contribution is -0.258. The molecule has 3 heterocycles. The van der Waals surface area contributed by atoms with Crippen LogP contribution in [0.15, 0.2) is 23.5 Å². The molecule has 2 atom stereocenters. The molecule has 0 spiro atoms. The fourth-order valence-corrected chi connectivity index (χ4v) is 6.74. The predicted octanol–water partition coefficient (Wildman–Crippen LogP) is 6.02. The fraction of sp³-hybridized carbons (Fsp3) is 0.857. The predicted molar refractivity (Wildman–Crippen MR) is 151 cm³/mol. The van der Waals surface area contributed by atoms with E-state index >= 15 is 0 Å². The number of nitrogens with zero attached hydrogens (tertiary/aromatic N) is 4. The van der Waals surface area contributed by atoms with E-state index in [0.717, 1.165) is 39.0 Å². The van der Waals surface area contributed by atoms with Crippen molar-refractivity contribution in [3.05, 3.63) is 23.5 Å². The van der Waals surface area contributed by atoms with Crippen LogP contribution in [0.1, 0.15) is 82.1 Å². The lowest BCUT2D eigenvalue weighted by Gasteiger charge is -2.56. The molecule has 3 aliphatic rings. The first kappa shape index (κ1) is 30.0. The van der Waals surface area contributed by atoms with Crippen molar-refractivity contribution in [2.75, 3.05) is 39.4 Å². The second-order valence-electron chi connectivity index (χ2n) is 12.7. The van der Waals surface area contributed by atoms with Gasteiger partial charge >= 0.3 is 0 Å². The van der Waals surface area contributed by atoms with Gasteiger partial charge < -0.3 is 9.80 Å². The Morgan fingerprint density at radius 1 is 0.667 bits per heavy atom. The zero-order valence-electron chi connectivity index (χ0n) is 24.3. The number of hydroxylamine groups is 4. The highest BCUT2D eigenvalue weighted by Crippen LogP contribution is 2.44. The summed E-state index contributed by atoms with van der Waals surface area (Å²) >= 11 is 14.3. The second kappa shape index (κ2) is 10.9. The van der Waals surface area contributed by atoms with Gasteiger partial charge in [-0.25, -0.2) is 0 Å². The molecule has 8 heteroatoms. The van der Waals surface area contributed by atoms with E-state index in [0.29, 0.717) is 13.2 Å². The molecule has 0 aromatic heterocycles. The quantitative estimate of drug-likeness (QED) is 0.347. The lowest BCUT2D eigenvalue weighted by atomic mass is 9.83. The summed E-state index contributed by atoms with van der Waals surface area (Å²) in [5, 5.41) is 3.88. The summed E-state index contributed by atoms with van der Waals surface area (Å²) in [6, 6.07) is 0. The summed E-state index contributed by atoms with van der Waals surface area (Å²) in [6.07, 6.45) is 6.56. The molecule has 0 aromatic carbocycles. The summed E-state index contributed by atoms with van der Waals surface area (Å²) in [6.45, 7) is 26.9. The Balaban J connectivity index is 1.78. The summed E-state index contributed by atoms with van der Waals surface area (Å²) in [7, 11) is 0. The zero-order valence-corrected chi connectivity index (χ0v) is 25.8. The SMILES string of the molecule is CCCON1C(C)(C)C=C(N2CCN(C3=CC(C)(C)N(OCCC)C(C)(C)C3Cl)CC2)C(Cl)C1(C)C. The molecule has 0 amide bonds. The molecule has 0 aromatic rings. The summed E-state index contributed by atoms with van der Waals surface area (Å²) < 4.78 is 0. The Kier molecular flexibility index (Phi) is 9.13. The molecule has 0 aliphatic carbocycles. The van der Waals surface area contributed by atoms with Crippen LogP contribution in [-0.4, -0.2) is 92.2 Å². The first-order chi connectivity index (χ1) is 16.6. The first-order valence-corrected chi connectivity index (χ1v) is 14.6. The molecular formula is C28H50Cl2N4O2. The molecular weight excluding hydrogens is 495 g/mol. The molecule has 208 valence electrons. The molecule has 0 N–H and O–H groups in total. The number of halogens is 2. The molecule has 36 heavy (non-hydrogen) atoms. The van der Waals surface area contributed by atoms with Crippen LogP contribution in [0.5, 0.6) is 0 Å². The third-order valence-corrected chi connectivity index (χ3v) is 9.23. The van der Waals surface area contributed by atoms with E-state index in [1.54, 1.807) is 0 Å². The number of hydrogen-bond donors (Lipinski definition) is 0. The number of rotatable bonds is 8. The van der Waals surface area contributed by atoms with E-state index in [-0.39, 0.29) is 32.9 Å². The van der Waals surface area contributed by atoms with Crippen LogP contribution in [0.2, 0.25) is 0 Å². The highest BCUT2D eigenvalue weighted by molar-refractivity contribution is 6.23. The Morgan fingerprint density at radius 3 is 1.25 bits per heavy atom. The maximum Gasteiger partial charge on any atom is 0.0932 e. The van der Waals surface area contributed by atoms with Crippen molar-refractivity contribution in [3.8, 4) is 0 Å². The Morgan fingerprint density at radius 2 is 0.972 bits per heavy atom. The van der Waals surface area contributed by atoms with Crippen molar-refractivity contribution < 1.29 is 9.68 Å². The molecule has 0 radical (unpaired) electrons. The minimum Gasteiger partial charge on any atom is -0.370 e. The third-order valence-electron chi connectivity index (χ3n) is 7.71. The standard InChI is InChI=1S/C28H50Cl2N4O2/c1-11-17-35-33-25(3,4)19-21(23(29)27(33,7)8)31-13-15-32(16-14-31)22-20-26(5,6)34(36-18-12-2)28(9,10)24(22)30/h19-20,23-24H,11-18H2,1-10H3. The van der Waals surface area contributed by atoms with Crippen molar-refractivity contribution in [1.82, 2.24) is 19.9 Å². The average molecular weight is 546 g/mol. The van der Waals surface area contributed by atoms with Gasteiger partial charge in [0.25, 0.3) is 0 Å². The maximum atomic E-state index is 7.15. The Hall–Kier alpha value is -0.500. The normalized spacial score (nSPS) is 30.2. The molecule has 1 saturated heterocycles. The molecule has 0 saturated carbocycles. The van der Waals surface area contributed by atoms with E-state index in [9.17, 15) is 0 Å². The number of alkyl halides is 2. The fourth-order valence-electron chi connectivity index (χ4n) is 6.16. The van der Waals surface area contributed by atoms with E-state index in [1.807, 2.05) is 0 Å². The van der Waals surface area contributed by atoms with E-state index in [1.165, 1.54) is 11.4 Å². The van der Waals surface area contributed by atoms with Gasteiger partial charge in [-0.05, 0) is 80.4 Å². The molecule has 3 aliphatic heterocycles. The molecule has 2 unspecified atom stereocenters.